The molecular weight excluding hydrogens is 1040 g/mol. The van der Waals surface area contributed by atoms with E-state index in [0.717, 1.165) is 43.9 Å². The first kappa shape index (κ1) is 49.3. The fourth-order valence-corrected chi connectivity index (χ4v) is 13.7. The molecule has 0 aliphatic rings. The second-order valence-electron chi connectivity index (χ2n) is 22.6. The number of furan rings is 2. The van der Waals surface area contributed by atoms with Crippen molar-refractivity contribution in [3.05, 3.63) is 315 Å². The van der Waals surface area contributed by atoms with Crippen LogP contribution in [0.15, 0.2) is 324 Å². The minimum atomic E-state index is 0.917. The van der Waals surface area contributed by atoms with Crippen LogP contribution in [0.4, 0.5) is 0 Å². The standard InChI is InChI=1S/2C42H26O/c1-2-11-28-24-30(21-20-27(28)10-1)29-12-9-13-31(25-29)41-34-15-3-5-17-36(34)42(37-18-6-4-16-35(37)41)32-22-23-40-38(26-32)33-14-7-8-19-39(33)43-40;1-2-10-30-25-31(22-19-27(30)9-1)28-17-20-29(21-18-28)41-34-12-3-5-14-36(34)42(37-15-6-4-13-35(37)41)32-23-24-40-38(26-32)33-11-7-8-16-39(33)43-40/h2*1-26H. The van der Waals surface area contributed by atoms with Crippen LogP contribution in [-0.4, -0.2) is 0 Å². The first-order chi connectivity index (χ1) is 42.6. The summed E-state index contributed by atoms with van der Waals surface area (Å²) in [7, 11) is 0. The van der Waals surface area contributed by atoms with Crippen LogP contribution in [0.3, 0.4) is 0 Å². The van der Waals surface area contributed by atoms with E-state index in [1.165, 1.54) is 131 Å². The SMILES string of the molecule is c1cc(-c2ccc3ccccc3c2)cc(-c2c3ccccc3c(-c3ccc4oc5ccccc5c4c3)c3ccccc23)c1.c1ccc2cc(-c3ccc(-c4c5ccccc5c(-c5ccc6oc7ccccc7c6c5)c5ccccc45)cc3)ccc2c1. The molecule has 0 unspecified atom stereocenters. The van der Waals surface area contributed by atoms with E-state index in [4.69, 9.17) is 8.83 Å². The summed E-state index contributed by atoms with van der Waals surface area (Å²) in [5, 5.41) is 19.7. The summed E-state index contributed by atoms with van der Waals surface area (Å²) >= 11 is 0. The van der Waals surface area contributed by atoms with Gasteiger partial charge in [-0.05, 0) is 186 Å². The van der Waals surface area contributed by atoms with Gasteiger partial charge in [0.15, 0.2) is 0 Å². The molecule has 0 atom stereocenters. The molecule has 2 heteroatoms. The third-order valence-electron chi connectivity index (χ3n) is 17.7. The molecule has 0 aliphatic heterocycles. The van der Waals surface area contributed by atoms with Gasteiger partial charge >= 0.3 is 0 Å². The summed E-state index contributed by atoms with van der Waals surface area (Å²) in [6.07, 6.45) is 0. The molecule has 0 N–H and O–H groups in total. The van der Waals surface area contributed by atoms with Crippen LogP contribution < -0.4 is 0 Å². The molecule has 0 bridgehead atoms. The zero-order valence-electron chi connectivity index (χ0n) is 46.8. The maximum atomic E-state index is 6.17. The average molecular weight is 1090 g/mol. The lowest BCUT2D eigenvalue weighted by atomic mass is 9.85. The lowest BCUT2D eigenvalue weighted by Crippen LogP contribution is -1.91. The zero-order chi connectivity index (χ0) is 56.7. The van der Waals surface area contributed by atoms with Gasteiger partial charge in [0.1, 0.15) is 22.3 Å². The van der Waals surface area contributed by atoms with E-state index in [9.17, 15) is 0 Å². The Hall–Kier alpha value is -11.3. The van der Waals surface area contributed by atoms with Crippen molar-refractivity contribution in [3.63, 3.8) is 0 Å². The smallest absolute Gasteiger partial charge is 0.135 e. The molecule has 2 nitrogen and oxygen atoms in total. The van der Waals surface area contributed by atoms with Crippen LogP contribution in [-0.2, 0) is 0 Å². The number of hydrogen-bond donors (Lipinski definition) is 0. The Morgan fingerprint density at radius 2 is 0.419 bits per heavy atom. The van der Waals surface area contributed by atoms with Gasteiger partial charge in [0, 0.05) is 21.5 Å². The number of para-hydroxylation sites is 2. The Labute approximate surface area is 496 Å². The van der Waals surface area contributed by atoms with E-state index in [-0.39, 0.29) is 0 Å². The zero-order valence-corrected chi connectivity index (χ0v) is 46.8. The fraction of sp³-hybridized carbons (Fsp3) is 0. The maximum absolute atomic E-state index is 6.17. The van der Waals surface area contributed by atoms with Crippen molar-refractivity contribution in [1.29, 1.82) is 0 Å². The minimum Gasteiger partial charge on any atom is -0.456 e. The van der Waals surface area contributed by atoms with Crippen molar-refractivity contribution < 1.29 is 8.83 Å². The highest BCUT2D eigenvalue weighted by Gasteiger charge is 2.21. The highest BCUT2D eigenvalue weighted by molar-refractivity contribution is 6.24. The molecule has 400 valence electrons. The third kappa shape index (κ3) is 8.26. The molecule has 0 saturated heterocycles. The van der Waals surface area contributed by atoms with Crippen LogP contribution in [0.25, 0.3) is 175 Å². The maximum Gasteiger partial charge on any atom is 0.135 e. The molecule has 2 aromatic heterocycles. The van der Waals surface area contributed by atoms with Gasteiger partial charge < -0.3 is 8.83 Å². The van der Waals surface area contributed by atoms with Gasteiger partial charge in [0.25, 0.3) is 0 Å². The van der Waals surface area contributed by atoms with E-state index in [1.54, 1.807) is 0 Å². The molecule has 0 saturated carbocycles. The fourth-order valence-electron chi connectivity index (χ4n) is 13.7. The number of benzene rings is 16. The second kappa shape index (κ2) is 20.2. The quantitative estimate of drug-likeness (QED) is 0.155. The Morgan fingerprint density at radius 3 is 0.849 bits per heavy atom. The summed E-state index contributed by atoms with van der Waals surface area (Å²) in [6.45, 7) is 0. The van der Waals surface area contributed by atoms with Crippen LogP contribution in [0, 0.1) is 0 Å². The van der Waals surface area contributed by atoms with E-state index < -0.39 is 0 Å². The van der Waals surface area contributed by atoms with Crippen LogP contribution in [0.5, 0.6) is 0 Å². The summed E-state index contributed by atoms with van der Waals surface area (Å²) in [5.41, 5.74) is 18.5. The van der Waals surface area contributed by atoms with Crippen LogP contribution >= 0.6 is 0 Å². The van der Waals surface area contributed by atoms with Crippen molar-refractivity contribution in [2.75, 3.05) is 0 Å². The van der Waals surface area contributed by atoms with Crippen LogP contribution in [0.1, 0.15) is 0 Å². The largest absolute Gasteiger partial charge is 0.456 e. The highest BCUT2D eigenvalue weighted by atomic mass is 16.3. The molecule has 86 heavy (non-hydrogen) atoms. The molecule has 0 radical (unpaired) electrons. The second-order valence-corrected chi connectivity index (χ2v) is 22.6. The molecule has 0 aliphatic carbocycles. The van der Waals surface area contributed by atoms with Gasteiger partial charge in [-0.2, -0.15) is 0 Å². The topological polar surface area (TPSA) is 26.3 Å². The third-order valence-corrected chi connectivity index (χ3v) is 17.7. The molecule has 0 spiro atoms. The van der Waals surface area contributed by atoms with Crippen molar-refractivity contribution in [3.8, 4) is 66.8 Å². The Bertz CT molecular complexity index is 5610. The van der Waals surface area contributed by atoms with Crippen molar-refractivity contribution >= 4 is 109 Å². The minimum absolute atomic E-state index is 0.917. The van der Waals surface area contributed by atoms with Gasteiger partial charge in [0.2, 0.25) is 0 Å². The van der Waals surface area contributed by atoms with Crippen molar-refractivity contribution in [1.82, 2.24) is 0 Å². The molecule has 0 fully saturated rings. The Balaban J connectivity index is 0.000000134. The molecule has 16 aromatic carbocycles. The molecular formula is C84H52O2. The predicted octanol–water partition coefficient (Wildman–Crippen LogP) is 24.1. The highest BCUT2D eigenvalue weighted by Crippen LogP contribution is 2.48. The number of rotatable bonds is 6. The van der Waals surface area contributed by atoms with Crippen molar-refractivity contribution in [2.45, 2.75) is 0 Å². The Kier molecular flexibility index (Phi) is 11.6. The normalized spacial score (nSPS) is 11.7. The van der Waals surface area contributed by atoms with E-state index in [0.29, 0.717) is 0 Å². The molecule has 2 heterocycles. The molecule has 0 amide bonds. The van der Waals surface area contributed by atoms with E-state index in [2.05, 4.69) is 291 Å². The summed E-state index contributed by atoms with van der Waals surface area (Å²) in [6, 6.07) is 114. The first-order valence-corrected chi connectivity index (χ1v) is 29.5. The van der Waals surface area contributed by atoms with E-state index in [1.807, 2.05) is 24.3 Å². The number of fused-ring (bicyclic) bond motifs is 12. The van der Waals surface area contributed by atoms with Gasteiger partial charge in [-0.1, -0.05) is 261 Å². The predicted molar refractivity (Wildman–Crippen MR) is 365 cm³/mol. The lowest BCUT2D eigenvalue weighted by molar-refractivity contribution is 0.668. The molecule has 18 aromatic rings. The van der Waals surface area contributed by atoms with Gasteiger partial charge in [0.05, 0.1) is 0 Å². The monoisotopic (exact) mass is 1090 g/mol. The summed E-state index contributed by atoms with van der Waals surface area (Å²) in [4.78, 5) is 0. The van der Waals surface area contributed by atoms with Gasteiger partial charge in [-0.25, -0.2) is 0 Å². The van der Waals surface area contributed by atoms with Gasteiger partial charge in [-0.3, -0.25) is 0 Å². The summed E-state index contributed by atoms with van der Waals surface area (Å²) in [5.74, 6) is 0. The molecule has 18 rings (SSSR count). The average Bonchev–Trinajstić information content (AvgIpc) is 1.42. The van der Waals surface area contributed by atoms with E-state index >= 15 is 0 Å². The number of hydrogen-bond acceptors (Lipinski definition) is 2. The van der Waals surface area contributed by atoms with Crippen LogP contribution in [0.2, 0.25) is 0 Å². The Morgan fingerprint density at radius 1 is 0.140 bits per heavy atom. The summed E-state index contributed by atoms with van der Waals surface area (Å²) < 4.78 is 12.3. The van der Waals surface area contributed by atoms with Gasteiger partial charge in [-0.15, -0.1) is 0 Å². The first-order valence-electron chi connectivity index (χ1n) is 29.5. The van der Waals surface area contributed by atoms with Crippen molar-refractivity contribution in [2.24, 2.45) is 0 Å². The lowest BCUT2D eigenvalue weighted by Gasteiger charge is -2.18.